The molecule has 0 aliphatic heterocycles. The molecule has 0 saturated carbocycles. The van der Waals surface area contributed by atoms with Gasteiger partial charge in [0, 0.05) is 5.69 Å². The van der Waals surface area contributed by atoms with Gasteiger partial charge in [-0.05, 0) is 37.8 Å². The van der Waals surface area contributed by atoms with Crippen LogP contribution in [0.15, 0.2) is 18.2 Å². The van der Waals surface area contributed by atoms with Crippen molar-refractivity contribution in [3.63, 3.8) is 0 Å². The van der Waals surface area contributed by atoms with E-state index >= 15 is 0 Å². The Kier molecular flexibility index (Phi) is 4.13. The largest absolute Gasteiger partial charge is 0.324 e. The molecule has 1 amide bonds. The number of benzene rings is 1. The molecule has 3 heteroatoms. The summed E-state index contributed by atoms with van der Waals surface area (Å²) in [5, 5.41) is 11.9. The molecule has 18 heavy (non-hydrogen) atoms. The summed E-state index contributed by atoms with van der Waals surface area (Å²) in [5.41, 5.74) is 1.93. The Hall–Kier alpha value is -1.82. The highest BCUT2D eigenvalue weighted by Crippen LogP contribution is 2.29. The number of anilines is 1. The van der Waals surface area contributed by atoms with E-state index in [9.17, 15) is 4.79 Å². The van der Waals surface area contributed by atoms with Crippen molar-refractivity contribution >= 4 is 11.6 Å². The molecule has 0 heterocycles. The number of nitrogens with zero attached hydrogens (tertiary/aromatic N) is 1. The van der Waals surface area contributed by atoms with Gasteiger partial charge < -0.3 is 5.32 Å². The van der Waals surface area contributed by atoms with Crippen LogP contribution in [0.2, 0.25) is 0 Å². The van der Waals surface area contributed by atoms with Crippen molar-refractivity contribution in [2.24, 2.45) is 5.41 Å². The van der Waals surface area contributed by atoms with Crippen LogP contribution in [0.4, 0.5) is 5.69 Å². The maximum absolute atomic E-state index is 12.1. The van der Waals surface area contributed by atoms with Crippen LogP contribution in [-0.2, 0) is 4.79 Å². The number of rotatable bonds is 3. The lowest BCUT2D eigenvalue weighted by molar-refractivity contribution is -0.121. The van der Waals surface area contributed by atoms with Gasteiger partial charge in [-0.2, -0.15) is 5.26 Å². The van der Waals surface area contributed by atoms with E-state index in [-0.39, 0.29) is 5.91 Å². The molecule has 0 bridgehead atoms. The Balaban J connectivity index is 3.13. The molecule has 1 rings (SSSR count). The fraction of sp³-hybridized carbons (Fsp3) is 0.467. The number of hydrogen-bond donors (Lipinski definition) is 1. The average molecular weight is 244 g/mol. The Morgan fingerprint density at radius 2 is 2.00 bits per heavy atom. The third-order valence-corrected chi connectivity index (χ3v) is 3.01. The molecule has 3 nitrogen and oxygen atoms in total. The predicted octanol–water partition coefficient (Wildman–Crippen LogP) is 3.61. The highest BCUT2D eigenvalue weighted by Gasteiger charge is 2.28. The lowest BCUT2D eigenvalue weighted by atomic mass is 9.93. The minimum Gasteiger partial charge on any atom is -0.324 e. The number of nitriles is 1. The fourth-order valence-electron chi connectivity index (χ4n) is 1.66. The van der Waals surface area contributed by atoms with E-state index in [1.54, 1.807) is 13.8 Å². The average Bonchev–Trinajstić information content (AvgIpc) is 2.31. The molecule has 1 aromatic carbocycles. The number of para-hydroxylation sites is 1. The molecule has 0 aliphatic rings. The highest BCUT2D eigenvalue weighted by molar-refractivity contribution is 5.97. The third kappa shape index (κ3) is 2.89. The van der Waals surface area contributed by atoms with Crippen molar-refractivity contribution in [1.82, 2.24) is 0 Å². The number of carbonyl (C=O) groups excluding carboxylic acids is 1. The van der Waals surface area contributed by atoms with E-state index in [0.29, 0.717) is 5.92 Å². The molecule has 0 spiro atoms. The number of carbonyl (C=O) groups is 1. The Bertz CT molecular complexity index is 496. The van der Waals surface area contributed by atoms with Crippen molar-refractivity contribution < 1.29 is 4.79 Å². The molecule has 0 unspecified atom stereocenters. The van der Waals surface area contributed by atoms with E-state index in [1.165, 1.54) is 0 Å². The van der Waals surface area contributed by atoms with Crippen LogP contribution in [0.5, 0.6) is 0 Å². The smallest absolute Gasteiger partial charge is 0.244 e. The highest BCUT2D eigenvalue weighted by atomic mass is 16.2. The first-order chi connectivity index (χ1) is 8.29. The van der Waals surface area contributed by atoms with Crippen LogP contribution >= 0.6 is 0 Å². The van der Waals surface area contributed by atoms with Gasteiger partial charge in [-0.3, -0.25) is 4.79 Å². The number of hydrogen-bond acceptors (Lipinski definition) is 2. The van der Waals surface area contributed by atoms with E-state index in [0.717, 1.165) is 16.8 Å². The minimum atomic E-state index is -1.02. The summed E-state index contributed by atoms with van der Waals surface area (Å²) in [6, 6.07) is 7.97. The van der Waals surface area contributed by atoms with Crippen LogP contribution in [0.3, 0.4) is 0 Å². The zero-order valence-electron chi connectivity index (χ0n) is 11.7. The number of nitrogens with one attached hydrogen (secondary N) is 1. The van der Waals surface area contributed by atoms with Gasteiger partial charge in [0.2, 0.25) is 5.91 Å². The molecule has 1 N–H and O–H groups in total. The normalized spacial score (nSPS) is 11.2. The molecule has 1 aromatic rings. The predicted molar refractivity (Wildman–Crippen MR) is 73.3 cm³/mol. The van der Waals surface area contributed by atoms with Crippen LogP contribution in [-0.4, -0.2) is 5.91 Å². The Morgan fingerprint density at radius 3 is 2.50 bits per heavy atom. The van der Waals surface area contributed by atoms with E-state index < -0.39 is 5.41 Å². The van der Waals surface area contributed by atoms with Gasteiger partial charge in [-0.1, -0.05) is 32.0 Å². The topological polar surface area (TPSA) is 52.9 Å². The molecule has 0 atom stereocenters. The first-order valence-electron chi connectivity index (χ1n) is 6.12. The third-order valence-electron chi connectivity index (χ3n) is 3.01. The molecule has 0 radical (unpaired) electrons. The summed E-state index contributed by atoms with van der Waals surface area (Å²) >= 11 is 0. The van der Waals surface area contributed by atoms with Gasteiger partial charge in [0.05, 0.1) is 6.07 Å². The van der Waals surface area contributed by atoms with E-state index in [1.807, 2.05) is 31.2 Å². The standard InChI is InChI=1S/C15H20N2O/c1-10(2)12-8-6-7-11(3)13(12)17-14(18)15(4,5)9-16/h6-8,10H,1-5H3,(H,17,18). The van der Waals surface area contributed by atoms with Crippen molar-refractivity contribution in [2.75, 3.05) is 5.32 Å². The molecule has 96 valence electrons. The van der Waals surface area contributed by atoms with Gasteiger partial charge in [-0.15, -0.1) is 0 Å². The van der Waals surface area contributed by atoms with Gasteiger partial charge in [-0.25, -0.2) is 0 Å². The van der Waals surface area contributed by atoms with Crippen LogP contribution < -0.4 is 5.32 Å². The van der Waals surface area contributed by atoms with Gasteiger partial charge in [0.1, 0.15) is 5.41 Å². The second-order valence-corrected chi connectivity index (χ2v) is 5.38. The molecule has 0 fully saturated rings. The van der Waals surface area contributed by atoms with Gasteiger partial charge in [0.15, 0.2) is 0 Å². The summed E-state index contributed by atoms with van der Waals surface area (Å²) < 4.78 is 0. The second-order valence-electron chi connectivity index (χ2n) is 5.38. The van der Waals surface area contributed by atoms with E-state index in [4.69, 9.17) is 5.26 Å². The van der Waals surface area contributed by atoms with Gasteiger partial charge >= 0.3 is 0 Å². The summed E-state index contributed by atoms with van der Waals surface area (Å²) in [7, 11) is 0. The SMILES string of the molecule is Cc1cccc(C(C)C)c1NC(=O)C(C)(C)C#N. The summed E-state index contributed by atoms with van der Waals surface area (Å²) in [6.07, 6.45) is 0. The molecule has 0 saturated heterocycles. The lowest BCUT2D eigenvalue weighted by Gasteiger charge is -2.20. The lowest BCUT2D eigenvalue weighted by Crippen LogP contribution is -2.30. The quantitative estimate of drug-likeness (QED) is 0.883. The van der Waals surface area contributed by atoms with Crippen molar-refractivity contribution in [1.29, 1.82) is 5.26 Å². The van der Waals surface area contributed by atoms with E-state index in [2.05, 4.69) is 19.2 Å². The summed E-state index contributed by atoms with van der Waals surface area (Å²) in [4.78, 5) is 12.1. The maximum atomic E-state index is 12.1. The van der Waals surface area contributed by atoms with Gasteiger partial charge in [0.25, 0.3) is 0 Å². The number of aryl methyl sites for hydroxylation is 1. The van der Waals surface area contributed by atoms with Crippen molar-refractivity contribution in [3.05, 3.63) is 29.3 Å². The van der Waals surface area contributed by atoms with Crippen LogP contribution in [0.1, 0.15) is 44.7 Å². The molecular formula is C15H20N2O. The first kappa shape index (κ1) is 14.2. The van der Waals surface area contributed by atoms with Crippen molar-refractivity contribution in [3.8, 4) is 6.07 Å². The first-order valence-corrected chi connectivity index (χ1v) is 6.12. The molecule has 0 aromatic heterocycles. The fourth-order valence-corrected chi connectivity index (χ4v) is 1.66. The zero-order valence-corrected chi connectivity index (χ0v) is 11.7. The van der Waals surface area contributed by atoms with Crippen LogP contribution in [0.25, 0.3) is 0 Å². The number of amides is 1. The van der Waals surface area contributed by atoms with Crippen molar-refractivity contribution in [2.45, 2.75) is 40.5 Å². The molecule has 0 aliphatic carbocycles. The summed E-state index contributed by atoms with van der Waals surface area (Å²) in [5.74, 6) is 0.0617. The Morgan fingerprint density at radius 1 is 1.39 bits per heavy atom. The monoisotopic (exact) mass is 244 g/mol. The van der Waals surface area contributed by atoms with Crippen LogP contribution in [0, 0.1) is 23.7 Å². The zero-order chi connectivity index (χ0) is 13.9. The second kappa shape index (κ2) is 5.22. The Labute approximate surface area is 109 Å². The molecular weight excluding hydrogens is 224 g/mol. The minimum absolute atomic E-state index is 0.263. The summed E-state index contributed by atoms with van der Waals surface area (Å²) in [6.45, 7) is 9.37. The maximum Gasteiger partial charge on any atom is 0.244 e.